The molecule has 1 rings (SSSR count). The first-order chi connectivity index (χ1) is 5.41. The SMILES string of the molecule is CC(C)c1noc(C(F)(F)F)n1. The highest BCUT2D eigenvalue weighted by Gasteiger charge is 2.38. The van der Waals surface area contributed by atoms with E-state index in [1.165, 1.54) is 0 Å². The third-order valence-electron chi connectivity index (χ3n) is 1.20. The van der Waals surface area contributed by atoms with Crippen LogP contribution < -0.4 is 0 Å². The molecule has 3 nitrogen and oxygen atoms in total. The number of alkyl halides is 3. The van der Waals surface area contributed by atoms with Crippen LogP contribution in [0.15, 0.2) is 4.52 Å². The van der Waals surface area contributed by atoms with Crippen molar-refractivity contribution in [3.63, 3.8) is 0 Å². The van der Waals surface area contributed by atoms with Crippen LogP contribution in [0, 0.1) is 0 Å². The highest BCUT2D eigenvalue weighted by molar-refractivity contribution is 4.93. The number of nitrogens with zero attached hydrogens (tertiary/aromatic N) is 2. The Morgan fingerprint density at radius 2 is 1.92 bits per heavy atom. The van der Waals surface area contributed by atoms with Crippen LogP contribution in [0.2, 0.25) is 0 Å². The molecule has 0 aromatic carbocycles. The molecule has 0 N–H and O–H groups in total. The molecule has 0 saturated heterocycles. The van der Waals surface area contributed by atoms with Gasteiger partial charge in [0.1, 0.15) is 0 Å². The minimum absolute atomic E-state index is 0.0716. The predicted octanol–water partition coefficient (Wildman–Crippen LogP) is 2.21. The fraction of sp³-hybridized carbons (Fsp3) is 0.667. The topological polar surface area (TPSA) is 38.9 Å². The van der Waals surface area contributed by atoms with Crippen molar-refractivity contribution >= 4 is 0 Å². The zero-order valence-electron chi connectivity index (χ0n) is 6.51. The lowest BCUT2D eigenvalue weighted by Gasteiger charge is -1.96. The third-order valence-corrected chi connectivity index (χ3v) is 1.20. The Balaban J connectivity index is 2.92. The van der Waals surface area contributed by atoms with Crippen molar-refractivity contribution in [3.05, 3.63) is 11.7 Å². The van der Waals surface area contributed by atoms with Crippen molar-refractivity contribution in [2.45, 2.75) is 25.9 Å². The van der Waals surface area contributed by atoms with Gasteiger partial charge in [0.05, 0.1) is 0 Å². The van der Waals surface area contributed by atoms with Gasteiger partial charge in [0.25, 0.3) is 0 Å². The van der Waals surface area contributed by atoms with E-state index in [1.807, 2.05) is 0 Å². The van der Waals surface area contributed by atoms with Gasteiger partial charge in [0.2, 0.25) is 0 Å². The van der Waals surface area contributed by atoms with Crippen LogP contribution in [0.1, 0.15) is 31.5 Å². The summed E-state index contributed by atoms with van der Waals surface area (Å²) in [7, 11) is 0. The minimum atomic E-state index is -4.54. The van der Waals surface area contributed by atoms with E-state index in [2.05, 4.69) is 14.7 Å². The fourth-order valence-corrected chi connectivity index (χ4v) is 0.585. The molecule has 68 valence electrons. The fourth-order valence-electron chi connectivity index (χ4n) is 0.585. The Morgan fingerprint density at radius 3 is 2.17 bits per heavy atom. The Bertz CT molecular complexity index is 266. The molecular formula is C6H7F3N2O. The van der Waals surface area contributed by atoms with E-state index in [4.69, 9.17) is 0 Å². The number of aromatic nitrogens is 2. The second-order valence-corrected chi connectivity index (χ2v) is 2.61. The average molecular weight is 180 g/mol. The Morgan fingerprint density at radius 1 is 1.33 bits per heavy atom. The molecule has 1 heterocycles. The summed E-state index contributed by atoms with van der Waals surface area (Å²) in [5, 5.41) is 3.18. The van der Waals surface area contributed by atoms with Crippen LogP contribution in [0.25, 0.3) is 0 Å². The smallest absolute Gasteiger partial charge is 0.329 e. The zero-order chi connectivity index (χ0) is 9.35. The normalized spacial score (nSPS) is 12.5. The molecule has 1 aromatic heterocycles. The molecule has 0 bridgehead atoms. The van der Waals surface area contributed by atoms with Crippen molar-refractivity contribution in [2.75, 3.05) is 0 Å². The van der Waals surface area contributed by atoms with Crippen molar-refractivity contribution in [3.8, 4) is 0 Å². The van der Waals surface area contributed by atoms with Crippen molar-refractivity contribution in [1.82, 2.24) is 10.1 Å². The molecule has 6 heteroatoms. The number of hydrogen-bond acceptors (Lipinski definition) is 3. The number of halogens is 3. The summed E-state index contributed by atoms with van der Waals surface area (Å²) < 4.78 is 39.6. The van der Waals surface area contributed by atoms with Gasteiger partial charge in [-0.1, -0.05) is 19.0 Å². The van der Waals surface area contributed by atoms with E-state index in [9.17, 15) is 13.2 Å². The standard InChI is InChI=1S/C6H7F3N2O/c1-3(2)4-10-5(12-11-4)6(7,8)9/h3H,1-2H3. The number of rotatable bonds is 1. The van der Waals surface area contributed by atoms with Gasteiger partial charge >= 0.3 is 12.1 Å². The molecule has 0 fully saturated rings. The highest BCUT2D eigenvalue weighted by atomic mass is 19.4. The molecule has 0 spiro atoms. The first-order valence-electron chi connectivity index (χ1n) is 3.32. The molecule has 0 amide bonds. The van der Waals surface area contributed by atoms with E-state index in [-0.39, 0.29) is 11.7 Å². The van der Waals surface area contributed by atoms with Crippen molar-refractivity contribution in [1.29, 1.82) is 0 Å². The molecule has 0 radical (unpaired) electrons. The van der Waals surface area contributed by atoms with Gasteiger partial charge in [-0.2, -0.15) is 18.2 Å². The van der Waals surface area contributed by atoms with E-state index >= 15 is 0 Å². The molecule has 1 aromatic rings. The van der Waals surface area contributed by atoms with Gasteiger partial charge in [0.15, 0.2) is 5.82 Å². The van der Waals surface area contributed by atoms with Gasteiger partial charge in [0, 0.05) is 5.92 Å². The van der Waals surface area contributed by atoms with Gasteiger partial charge in [-0.05, 0) is 0 Å². The van der Waals surface area contributed by atoms with Gasteiger partial charge in [-0.3, -0.25) is 0 Å². The van der Waals surface area contributed by atoms with Crippen LogP contribution in [0.4, 0.5) is 13.2 Å². The van der Waals surface area contributed by atoms with Gasteiger partial charge in [-0.15, -0.1) is 0 Å². The maximum Gasteiger partial charge on any atom is 0.471 e. The van der Waals surface area contributed by atoms with Crippen molar-refractivity contribution in [2.24, 2.45) is 0 Å². The molecule has 0 aliphatic heterocycles. The zero-order valence-corrected chi connectivity index (χ0v) is 6.51. The predicted molar refractivity (Wildman–Crippen MR) is 33.4 cm³/mol. The lowest BCUT2D eigenvalue weighted by Crippen LogP contribution is -2.05. The lowest BCUT2D eigenvalue weighted by atomic mass is 10.2. The van der Waals surface area contributed by atoms with E-state index in [0.29, 0.717) is 0 Å². The maximum absolute atomic E-state index is 11.9. The Hall–Kier alpha value is -1.07. The molecule has 0 atom stereocenters. The minimum Gasteiger partial charge on any atom is -0.329 e. The molecule has 0 saturated carbocycles. The molecular weight excluding hydrogens is 173 g/mol. The summed E-state index contributed by atoms with van der Waals surface area (Å²) in [5.41, 5.74) is 0. The summed E-state index contributed by atoms with van der Waals surface area (Å²) in [6.45, 7) is 3.37. The van der Waals surface area contributed by atoms with E-state index in [1.54, 1.807) is 13.8 Å². The summed E-state index contributed by atoms with van der Waals surface area (Å²) >= 11 is 0. The average Bonchev–Trinajstić information content (AvgIpc) is 2.30. The van der Waals surface area contributed by atoms with Crippen LogP contribution >= 0.6 is 0 Å². The second-order valence-electron chi connectivity index (χ2n) is 2.61. The Kier molecular flexibility index (Phi) is 2.08. The van der Waals surface area contributed by atoms with Crippen LogP contribution in [-0.2, 0) is 6.18 Å². The summed E-state index contributed by atoms with van der Waals surface area (Å²) in [6, 6.07) is 0. The lowest BCUT2D eigenvalue weighted by molar-refractivity contribution is -0.159. The van der Waals surface area contributed by atoms with Crippen LogP contribution in [0.3, 0.4) is 0 Å². The van der Waals surface area contributed by atoms with Crippen LogP contribution in [0.5, 0.6) is 0 Å². The van der Waals surface area contributed by atoms with Gasteiger partial charge in [-0.25, -0.2) is 0 Å². The summed E-state index contributed by atoms with van der Waals surface area (Å²) in [6.07, 6.45) is -4.54. The first kappa shape index (κ1) is 9.02. The second kappa shape index (κ2) is 2.76. The third kappa shape index (κ3) is 1.75. The molecule has 0 aliphatic carbocycles. The largest absolute Gasteiger partial charge is 0.471 e. The summed E-state index contributed by atoms with van der Waals surface area (Å²) in [5.74, 6) is -1.38. The highest BCUT2D eigenvalue weighted by Crippen LogP contribution is 2.28. The molecule has 12 heavy (non-hydrogen) atoms. The Labute approximate surface area is 66.6 Å². The monoisotopic (exact) mass is 180 g/mol. The molecule has 0 unspecified atom stereocenters. The van der Waals surface area contributed by atoms with E-state index in [0.717, 1.165) is 0 Å². The molecule has 0 aliphatic rings. The van der Waals surface area contributed by atoms with Gasteiger partial charge < -0.3 is 4.52 Å². The van der Waals surface area contributed by atoms with Crippen LogP contribution in [-0.4, -0.2) is 10.1 Å². The quantitative estimate of drug-likeness (QED) is 0.665. The summed E-state index contributed by atoms with van der Waals surface area (Å²) in [4.78, 5) is 3.18. The number of hydrogen-bond donors (Lipinski definition) is 0. The van der Waals surface area contributed by atoms with Crippen molar-refractivity contribution < 1.29 is 17.7 Å². The van der Waals surface area contributed by atoms with E-state index < -0.39 is 12.1 Å². The first-order valence-corrected chi connectivity index (χ1v) is 3.32. The maximum atomic E-state index is 11.9.